The van der Waals surface area contributed by atoms with Gasteiger partial charge in [-0.25, -0.2) is 0 Å². The average molecular weight is 304 g/mol. The zero-order chi connectivity index (χ0) is 14.8. The van der Waals surface area contributed by atoms with Gasteiger partial charge >= 0.3 is 0 Å². The molecule has 0 fully saturated rings. The lowest BCUT2D eigenvalue weighted by Gasteiger charge is -2.00. The fourth-order valence-electron chi connectivity index (χ4n) is 1.87. The van der Waals surface area contributed by atoms with E-state index in [4.69, 9.17) is 9.05 Å². The van der Waals surface area contributed by atoms with Crippen molar-refractivity contribution >= 4 is 11.8 Å². The highest BCUT2D eigenvalue weighted by atomic mass is 32.2. The van der Waals surface area contributed by atoms with Crippen molar-refractivity contribution in [2.24, 2.45) is 0 Å². The highest BCUT2D eigenvalue weighted by Gasteiger charge is 2.18. The summed E-state index contributed by atoms with van der Waals surface area (Å²) in [5.41, 5.74) is 1.42. The van der Waals surface area contributed by atoms with Crippen molar-refractivity contribution in [3.8, 4) is 11.5 Å². The summed E-state index contributed by atoms with van der Waals surface area (Å²) >= 11 is 1.35. The Morgan fingerprint density at radius 1 is 1.24 bits per heavy atom. The zero-order valence-electron chi connectivity index (χ0n) is 11.4. The third-order valence-corrected chi connectivity index (χ3v) is 3.87. The van der Waals surface area contributed by atoms with Crippen molar-refractivity contribution in [1.29, 1.82) is 0 Å². The molecule has 0 radical (unpaired) electrons. The first kappa shape index (κ1) is 13.6. The van der Waals surface area contributed by atoms with Crippen LogP contribution in [-0.4, -0.2) is 15.3 Å². The molecule has 0 aliphatic rings. The van der Waals surface area contributed by atoms with E-state index >= 15 is 0 Å². The molecular formula is C13H12N4O3S. The monoisotopic (exact) mass is 304 g/mol. The second-order valence-corrected chi connectivity index (χ2v) is 5.36. The Balaban J connectivity index is 1.76. The molecule has 108 valence electrons. The molecule has 3 heterocycles. The summed E-state index contributed by atoms with van der Waals surface area (Å²) in [5, 5.41) is 19.9. The summed E-state index contributed by atoms with van der Waals surface area (Å²) in [6.45, 7) is 3.60. The Labute approximate surface area is 124 Å². The van der Waals surface area contributed by atoms with E-state index in [2.05, 4.69) is 15.3 Å². The third kappa shape index (κ3) is 2.75. The predicted molar refractivity (Wildman–Crippen MR) is 74.2 cm³/mol. The Bertz CT molecular complexity index is 749. The van der Waals surface area contributed by atoms with Gasteiger partial charge in [0.15, 0.2) is 12.0 Å². The van der Waals surface area contributed by atoms with Crippen LogP contribution in [0.3, 0.4) is 0 Å². The molecule has 3 aromatic heterocycles. The molecule has 7 nitrogen and oxygen atoms in total. The zero-order valence-corrected chi connectivity index (χ0v) is 12.3. The van der Waals surface area contributed by atoms with Gasteiger partial charge in [-0.2, -0.15) is 9.71 Å². The summed E-state index contributed by atoms with van der Waals surface area (Å²) < 4.78 is 11.1. The van der Waals surface area contributed by atoms with Crippen molar-refractivity contribution in [3.63, 3.8) is 0 Å². The Hall–Kier alpha value is -2.35. The van der Waals surface area contributed by atoms with Gasteiger partial charge in [0.2, 0.25) is 0 Å². The fourth-order valence-corrected chi connectivity index (χ4v) is 2.62. The highest BCUT2D eigenvalue weighted by molar-refractivity contribution is 7.98. The van der Waals surface area contributed by atoms with Crippen molar-refractivity contribution in [2.45, 2.75) is 24.6 Å². The minimum absolute atomic E-state index is 0.380. The maximum atomic E-state index is 11.5. The number of hydrogen-bond donors (Lipinski definition) is 0. The first-order valence-corrected chi connectivity index (χ1v) is 7.20. The van der Waals surface area contributed by atoms with Gasteiger partial charge in [0, 0.05) is 12.1 Å². The summed E-state index contributed by atoms with van der Waals surface area (Å²) in [6, 6.07) is 5.23. The molecule has 3 aromatic rings. The number of aromatic nitrogens is 4. The molecule has 0 saturated heterocycles. The van der Waals surface area contributed by atoms with Crippen molar-refractivity contribution in [1.82, 2.24) is 15.3 Å². The molecule has 21 heavy (non-hydrogen) atoms. The van der Waals surface area contributed by atoms with Gasteiger partial charge < -0.3 is 14.3 Å². The molecule has 0 amide bonds. The van der Waals surface area contributed by atoms with Crippen LogP contribution in [0.2, 0.25) is 0 Å². The molecule has 3 rings (SSSR count). The Morgan fingerprint density at radius 2 is 2.10 bits per heavy atom. The lowest BCUT2D eigenvalue weighted by molar-refractivity contribution is -0.645. The van der Waals surface area contributed by atoms with Crippen LogP contribution >= 0.6 is 11.8 Å². The van der Waals surface area contributed by atoms with E-state index in [1.54, 1.807) is 19.1 Å². The number of hydrogen-bond acceptors (Lipinski definition) is 7. The quantitative estimate of drug-likeness (QED) is 0.414. The van der Waals surface area contributed by atoms with Crippen LogP contribution in [0.4, 0.5) is 0 Å². The lowest BCUT2D eigenvalue weighted by Crippen LogP contribution is -2.27. The van der Waals surface area contributed by atoms with Crippen LogP contribution in [-0.2, 0) is 5.75 Å². The number of thioether (sulfide) groups is 1. The number of aryl methyl sites for hydroxylation is 2. The summed E-state index contributed by atoms with van der Waals surface area (Å²) in [6.07, 6.45) is 1.45. The van der Waals surface area contributed by atoms with Crippen LogP contribution < -0.4 is 4.73 Å². The van der Waals surface area contributed by atoms with Gasteiger partial charge in [0.25, 0.3) is 10.9 Å². The SMILES string of the molecule is Cc1noc(C)c1-c1nc(CSc2cccc[n+]2[O-])no1. The highest BCUT2D eigenvalue weighted by Crippen LogP contribution is 2.26. The molecule has 0 aliphatic heterocycles. The molecule has 0 aliphatic carbocycles. The molecule has 0 aromatic carbocycles. The van der Waals surface area contributed by atoms with E-state index in [9.17, 15) is 5.21 Å². The van der Waals surface area contributed by atoms with E-state index in [1.807, 2.05) is 13.0 Å². The first-order valence-electron chi connectivity index (χ1n) is 6.22. The molecule has 0 unspecified atom stereocenters. The molecule has 0 N–H and O–H groups in total. The molecule has 0 saturated carbocycles. The summed E-state index contributed by atoms with van der Waals surface area (Å²) in [5.74, 6) is 1.97. The molecule has 0 bridgehead atoms. The van der Waals surface area contributed by atoms with E-state index in [0.717, 1.165) is 10.3 Å². The summed E-state index contributed by atoms with van der Waals surface area (Å²) in [7, 11) is 0. The van der Waals surface area contributed by atoms with Gasteiger partial charge in [0.05, 0.1) is 11.4 Å². The fraction of sp³-hybridized carbons (Fsp3) is 0.231. The smallest absolute Gasteiger partial charge is 0.263 e. The third-order valence-electron chi connectivity index (χ3n) is 2.85. The second-order valence-electron chi connectivity index (χ2n) is 4.37. The van der Waals surface area contributed by atoms with Crippen LogP contribution in [0.5, 0.6) is 0 Å². The molecule has 8 heteroatoms. The largest absolute Gasteiger partial charge is 0.618 e. The molecule has 0 spiro atoms. The van der Waals surface area contributed by atoms with Crippen molar-refractivity contribution in [3.05, 3.63) is 46.9 Å². The molecular weight excluding hydrogens is 292 g/mol. The van der Waals surface area contributed by atoms with Gasteiger partial charge in [-0.3, -0.25) is 0 Å². The average Bonchev–Trinajstić information content (AvgIpc) is 3.05. The minimum Gasteiger partial charge on any atom is -0.618 e. The minimum atomic E-state index is 0.380. The van der Waals surface area contributed by atoms with E-state index in [-0.39, 0.29) is 0 Å². The maximum absolute atomic E-state index is 11.5. The standard InChI is InChI=1S/C13H12N4O3S/c1-8-12(9(2)19-15-8)13-14-10(16-20-13)7-21-11-5-3-4-6-17(11)18/h3-6H,7H2,1-2H3. The van der Waals surface area contributed by atoms with Gasteiger partial charge in [-0.15, -0.1) is 0 Å². The van der Waals surface area contributed by atoms with Gasteiger partial charge in [-0.1, -0.05) is 10.3 Å². The Morgan fingerprint density at radius 3 is 2.81 bits per heavy atom. The predicted octanol–water partition coefficient (Wildman–Crippen LogP) is 2.27. The molecule has 0 atom stereocenters. The van der Waals surface area contributed by atoms with Gasteiger partial charge in [0.1, 0.15) is 11.3 Å². The van der Waals surface area contributed by atoms with Crippen LogP contribution in [0, 0.1) is 19.1 Å². The van der Waals surface area contributed by atoms with E-state index in [0.29, 0.717) is 33.9 Å². The van der Waals surface area contributed by atoms with Crippen LogP contribution in [0.15, 0.2) is 38.5 Å². The van der Waals surface area contributed by atoms with Crippen molar-refractivity contribution < 1.29 is 13.8 Å². The number of rotatable bonds is 4. The second kappa shape index (κ2) is 5.57. The maximum Gasteiger partial charge on any atom is 0.263 e. The normalized spacial score (nSPS) is 11.0. The lowest BCUT2D eigenvalue weighted by atomic mass is 10.2. The number of pyridine rings is 1. The van der Waals surface area contributed by atoms with Crippen LogP contribution in [0.1, 0.15) is 17.3 Å². The van der Waals surface area contributed by atoms with Gasteiger partial charge in [-0.05, 0) is 31.7 Å². The number of nitrogens with zero attached hydrogens (tertiary/aromatic N) is 4. The first-order chi connectivity index (χ1) is 10.1. The van der Waals surface area contributed by atoms with Crippen molar-refractivity contribution in [2.75, 3.05) is 0 Å². The van der Waals surface area contributed by atoms with Crippen LogP contribution in [0.25, 0.3) is 11.5 Å². The summed E-state index contributed by atoms with van der Waals surface area (Å²) in [4.78, 5) is 4.31. The Kier molecular flexibility index (Phi) is 3.61. The van der Waals surface area contributed by atoms with E-state index in [1.165, 1.54) is 18.0 Å². The van der Waals surface area contributed by atoms with E-state index < -0.39 is 0 Å². The topological polar surface area (TPSA) is 91.9 Å².